The summed E-state index contributed by atoms with van der Waals surface area (Å²) in [6, 6.07) is 10.5. The number of hydrogen-bond acceptors (Lipinski definition) is 4. The van der Waals surface area contributed by atoms with Crippen LogP contribution < -0.4 is 0 Å². The Morgan fingerprint density at radius 3 is 2.52 bits per heavy atom. The molecule has 1 unspecified atom stereocenters. The van der Waals surface area contributed by atoms with Crippen LogP contribution in [0.2, 0.25) is 0 Å². The van der Waals surface area contributed by atoms with Gasteiger partial charge in [0, 0.05) is 38.5 Å². The third-order valence-corrected chi connectivity index (χ3v) is 7.11. The van der Waals surface area contributed by atoms with E-state index in [4.69, 9.17) is 0 Å². The third-order valence-electron chi connectivity index (χ3n) is 5.97. The number of amides is 3. The topological polar surface area (TPSA) is 43.9 Å². The maximum absolute atomic E-state index is 13.0. The van der Waals surface area contributed by atoms with Crippen molar-refractivity contribution in [1.29, 1.82) is 0 Å². The fraction of sp³-hybridized carbons (Fsp3) is 0.579. The largest absolute Gasteiger partial charge is 0.327 e. The molecule has 3 aliphatic heterocycles. The number of benzene rings is 1. The summed E-state index contributed by atoms with van der Waals surface area (Å²) in [5, 5.41) is 0. The molecule has 4 rings (SSSR count). The number of rotatable bonds is 3. The second-order valence-corrected chi connectivity index (χ2v) is 8.45. The van der Waals surface area contributed by atoms with Gasteiger partial charge in [0.05, 0.1) is 0 Å². The number of thioether (sulfide) groups is 1. The molecule has 3 fully saturated rings. The summed E-state index contributed by atoms with van der Waals surface area (Å²) >= 11 is 2.02. The van der Waals surface area contributed by atoms with E-state index < -0.39 is 5.54 Å². The Labute approximate surface area is 153 Å². The van der Waals surface area contributed by atoms with Crippen molar-refractivity contribution in [3.63, 3.8) is 0 Å². The maximum Gasteiger partial charge on any atom is 0.327 e. The van der Waals surface area contributed by atoms with Crippen molar-refractivity contribution in [1.82, 2.24) is 14.7 Å². The van der Waals surface area contributed by atoms with Crippen LogP contribution in [0.3, 0.4) is 0 Å². The average molecular weight is 359 g/mol. The number of urea groups is 1. The van der Waals surface area contributed by atoms with Gasteiger partial charge in [-0.3, -0.25) is 14.6 Å². The second-order valence-electron chi connectivity index (χ2n) is 7.30. The monoisotopic (exact) mass is 359 g/mol. The number of likely N-dealkylation sites (tertiary alicyclic amines) is 1. The second kappa shape index (κ2) is 6.65. The first-order valence-electron chi connectivity index (χ1n) is 9.07. The average Bonchev–Trinajstić information content (AvgIpc) is 3.24. The molecule has 1 aromatic rings. The Balaban J connectivity index is 1.55. The van der Waals surface area contributed by atoms with Gasteiger partial charge in [-0.1, -0.05) is 30.3 Å². The van der Waals surface area contributed by atoms with Gasteiger partial charge in [0.15, 0.2) is 0 Å². The van der Waals surface area contributed by atoms with Crippen molar-refractivity contribution >= 4 is 23.7 Å². The van der Waals surface area contributed by atoms with Gasteiger partial charge in [-0.15, -0.1) is 0 Å². The molecule has 134 valence electrons. The van der Waals surface area contributed by atoms with Crippen LogP contribution in [-0.2, 0) is 11.3 Å². The zero-order valence-electron chi connectivity index (χ0n) is 14.7. The van der Waals surface area contributed by atoms with Gasteiger partial charge in [-0.25, -0.2) is 4.79 Å². The molecule has 0 aromatic heterocycles. The van der Waals surface area contributed by atoms with Crippen LogP contribution in [-0.4, -0.2) is 69.9 Å². The molecule has 0 bridgehead atoms. The first-order chi connectivity index (χ1) is 12.1. The molecule has 6 heteroatoms. The van der Waals surface area contributed by atoms with Gasteiger partial charge in [0.1, 0.15) is 5.54 Å². The van der Waals surface area contributed by atoms with E-state index in [-0.39, 0.29) is 11.9 Å². The van der Waals surface area contributed by atoms with Crippen LogP contribution in [0.1, 0.15) is 24.8 Å². The maximum atomic E-state index is 13.0. The Hall–Kier alpha value is -1.53. The molecule has 1 atom stereocenters. The fourth-order valence-electron chi connectivity index (χ4n) is 4.42. The molecule has 5 nitrogen and oxygen atoms in total. The van der Waals surface area contributed by atoms with Crippen LogP contribution in [0.25, 0.3) is 0 Å². The minimum atomic E-state index is -0.649. The molecular weight excluding hydrogens is 334 g/mol. The number of likely N-dealkylation sites (N-methyl/N-ethyl adjacent to an activating group) is 1. The zero-order valence-corrected chi connectivity index (χ0v) is 15.5. The molecule has 3 heterocycles. The van der Waals surface area contributed by atoms with Gasteiger partial charge in [-0.05, 0) is 30.6 Å². The van der Waals surface area contributed by atoms with Crippen LogP contribution in [0.4, 0.5) is 4.79 Å². The lowest BCUT2D eigenvalue weighted by Gasteiger charge is -2.44. The van der Waals surface area contributed by atoms with E-state index in [1.165, 1.54) is 22.8 Å². The van der Waals surface area contributed by atoms with Crippen molar-refractivity contribution < 1.29 is 9.59 Å². The minimum Gasteiger partial charge on any atom is -0.305 e. The Bertz CT molecular complexity index is 652. The first kappa shape index (κ1) is 16.9. The Morgan fingerprint density at radius 2 is 1.88 bits per heavy atom. The van der Waals surface area contributed by atoms with Crippen molar-refractivity contribution in [2.24, 2.45) is 0 Å². The van der Waals surface area contributed by atoms with Gasteiger partial charge in [0.25, 0.3) is 5.91 Å². The van der Waals surface area contributed by atoms with E-state index in [0.29, 0.717) is 12.6 Å². The number of nitrogens with zero attached hydrogens (tertiary/aromatic N) is 3. The lowest BCUT2D eigenvalue weighted by atomic mass is 9.85. The summed E-state index contributed by atoms with van der Waals surface area (Å²) in [6.07, 6.45) is 2.74. The van der Waals surface area contributed by atoms with Gasteiger partial charge in [-0.2, -0.15) is 11.8 Å². The summed E-state index contributed by atoms with van der Waals surface area (Å²) in [5.41, 5.74) is 0.428. The van der Waals surface area contributed by atoms with E-state index in [1.807, 2.05) is 47.0 Å². The molecule has 0 N–H and O–H groups in total. The highest BCUT2D eigenvalue weighted by molar-refractivity contribution is 7.99. The fourth-order valence-corrected chi connectivity index (χ4v) is 5.67. The number of carbonyl (C=O) groups is 2. The Morgan fingerprint density at radius 1 is 1.16 bits per heavy atom. The van der Waals surface area contributed by atoms with Crippen molar-refractivity contribution in [2.45, 2.75) is 37.4 Å². The van der Waals surface area contributed by atoms with Crippen LogP contribution >= 0.6 is 11.8 Å². The number of carbonyl (C=O) groups excluding carboxylic acids is 2. The van der Waals surface area contributed by atoms with Crippen LogP contribution in [0.5, 0.6) is 0 Å². The van der Waals surface area contributed by atoms with E-state index >= 15 is 0 Å². The first-order valence-corrected chi connectivity index (χ1v) is 10.2. The predicted molar refractivity (Wildman–Crippen MR) is 99.4 cm³/mol. The standard InChI is InChI=1S/C19H25N3O2S/c1-20-17(23)19(8-10-21(11-9-19)16-7-12-25-14-16)22(18(20)24)13-15-5-3-2-4-6-15/h2-6,16H,7-14H2,1H3. The van der Waals surface area contributed by atoms with E-state index in [2.05, 4.69) is 4.90 Å². The molecule has 0 aliphatic carbocycles. The number of hydrogen-bond donors (Lipinski definition) is 0. The number of piperidine rings is 1. The molecule has 1 spiro atoms. The summed E-state index contributed by atoms with van der Waals surface area (Å²) in [7, 11) is 1.62. The molecule has 0 radical (unpaired) electrons. The van der Waals surface area contributed by atoms with Crippen LogP contribution in [0.15, 0.2) is 30.3 Å². The minimum absolute atomic E-state index is 0.0196. The third kappa shape index (κ3) is 2.85. The molecule has 3 saturated heterocycles. The zero-order chi connectivity index (χ0) is 17.4. The van der Waals surface area contributed by atoms with Gasteiger partial charge >= 0.3 is 6.03 Å². The highest BCUT2D eigenvalue weighted by atomic mass is 32.2. The summed E-state index contributed by atoms with van der Waals surface area (Å²) in [6.45, 7) is 2.32. The quantitative estimate of drug-likeness (QED) is 0.778. The summed E-state index contributed by atoms with van der Waals surface area (Å²) in [5.74, 6) is 2.42. The number of imide groups is 1. The van der Waals surface area contributed by atoms with Gasteiger partial charge < -0.3 is 4.90 Å². The van der Waals surface area contributed by atoms with E-state index in [1.54, 1.807) is 7.05 Å². The lowest BCUT2D eigenvalue weighted by molar-refractivity contribution is -0.135. The summed E-state index contributed by atoms with van der Waals surface area (Å²) < 4.78 is 0. The Kier molecular flexibility index (Phi) is 4.50. The molecule has 3 aliphatic rings. The highest BCUT2D eigenvalue weighted by Gasteiger charge is 2.57. The lowest BCUT2D eigenvalue weighted by Crippen LogP contribution is -2.57. The van der Waals surface area contributed by atoms with E-state index in [9.17, 15) is 9.59 Å². The molecular formula is C19H25N3O2S. The van der Waals surface area contributed by atoms with Crippen LogP contribution in [0, 0.1) is 0 Å². The summed E-state index contributed by atoms with van der Waals surface area (Å²) in [4.78, 5) is 31.4. The highest BCUT2D eigenvalue weighted by Crippen LogP contribution is 2.39. The SMILES string of the molecule is CN1C(=O)N(Cc2ccccc2)C2(CCN(C3CCSC3)CC2)C1=O. The molecule has 0 saturated carbocycles. The van der Waals surface area contributed by atoms with Crippen molar-refractivity contribution in [3.05, 3.63) is 35.9 Å². The van der Waals surface area contributed by atoms with Gasteiger partial charge in [0.2, 0.25) is 0 Å². The smallest absolute Gasteiger partial charge is 0.305 e. The molecule has 3 amide bonds. The molecule has 25 heavy (non-hydrogen) atoms. The normalized spacial score (nSPS) is 26.8. The van der Waals surface area contributed by atoms with E-state index in [0.717, 1.165) is 31.5 Å². The predicted octanol–water partition coefficient (Wildman–Crippen LogP) is 2.42. The van der Waals surface area contributed by atoms with Crippen molar-refractivity contribution in [2.75, 3.05) is 31.6 Å². The molecule has 1 aromatic carbocycles. The van der Waals surface area contributed by atoms with Crippen molar-refractivity contribution in [3.8, 4) is 0 Å².